The molecule has 0 bridgehead atoms. The topological polar surface area (TPSA) is 38.0 Å². The number of fused-ring (bicyclic) bond motifs is 1. The highest BCUT2D eigenvalue weighted by atomic mass is 35.5. The van der Waals surface area contributed by atoms with Gasteiger partial charge in [0.2, 0.25) is 0 Å². The van der Waals surface area contributed by atoms with E-state index >= 15 is 0 Å². The maximum absolute atomic E-state index is 6.06. The Morgan fingerprint density at radius 1 is 1.25 bits per heavy atom. The monoisotopic (exact) mass is 286 g/mol. The molecule has 0 amide bonds. The lowest BCUT2D eigenvalue weighted by molar-refractivity contribution is 0.465. The van der Waals surface area contributed by atoms with Crippen LogP contribution in [0.25, 0.3) is 0 Å². The van der Waals surface area contributed by atoms with Crippen molar-refractivity contribution in [1.29, 1.82) is 0 Å². The summed E-state index contributed by atoms with van der Waals surface area (Å²) in [7, 11) is 0. The van der Waals surface area contributed by atoms with Crippen molar-refractivity contribution in [3.8, 4) is 0 Å². The number of hydrogen-bond acceptors (Lipinski definition) is 2. The number of aryl methyl sites for hydroxylation is 1. The number of rotatable bonds is 3. The fraction of sp³-hybridized carbons (Fsp3) is 0.294. The summed E-state index contributed by atoms with van der Waals surface area (Å²) in [4.78, 5) is 0. The number of halogens is 1. The van der Waals surface area contributed by atoms with Crippen LogP contribution in [0.3, 0.4) is 0 Å². The molecular weight excluding hydrogens is 268 g/mol. The van der Waals surface area contributed by atoms with Crippen LogP contribution in [0.15, 0.2) is 42.5 Å². The second-order valence-corrected chi connectivity index (χ2v) is 5.93. The van der Waals surface area contributed by atoms with E-state index in [1.54, 1.807) is 0 Å². The zero-order valence-electron chi connectivity index (χ0n) is 11.6. The Kier molecular flexibility index (Phi) is 3.68. The molecule has 2 nitrogen and oxygen atoms in total. The molecule has 0 aliphatic heterocycles. The predicted molar refractivity (Wildman–Crippen MR) is 84.9 cm³/mol. The van der Waals surface area contributed by atoms with E-state index in [4.69, 9.17) is 17.3 Å². The van der Waals surface area contributed by atoms with Gasteiger partial charge in [-0.25, -0.2) is 0 Å². The summed E-state index contributed by atoms with van der Waals surface area (Å²) < 4.78 is 0. The summed E-state index contributed by atoms with van der Waals surface area (Å²) in [6.45, 7) is 2.18. The van der Waals surface area contributed by atoms with Crippen molar-refractivity contribution < 1.29 is 0 Å². The molecule has 0 aromatic heterocycles. The van der Waals surface area contributed by atoms with Crippen LogP contribution in [0.1, 0.15) is 42.1 Å². The Morgan fingerprint density at radius 3 is 2.90 bits per heavy atom. The highest BCUT2D eigenvalue weighted by Crippen LogP contribution is 2.34. The summed E-state index contributed by atoms with van der Waals surface area (Å²) in [6, 6.07) is 15.0. The van der Waals surface area contributed by atoms with Crippen molar-refractivity contribution in [2.24, 2.45) is 0 Å². The summed E-state index contributed by atoms with van der Waals surface area (Å²) in [5.74, 6) is 0. The van der Waals surface area contributed by atoms with Crippen LogP contribution < -0.4 is 11.1 Å². The fourth-order valence-corrected chi connectivity index (χ4v) is 3.18. The van der Waals surface area contributed by atoms with E-state index in [1.807, 2.05) is 24.3 Å². The first kappa shape index (κ1) is 13.5. The molecule has 0 heterocycles. The summed E-state index contributed by atoms with van der Waals surface area (Å²) in [6.07, 6.45) is 2.23. The fourth-order valence-electron chi connectivity index (χ4n) is 2.98. The first-order valence-corrected chi connectivity index (χ1v) is 7.41. The third kappa shape index (κ3) is 2.67. The summed E-state index contributed by atoms with van der Waals surface area (Å²) in [5, 5.41) is 4.49. The molecule has 2 atom stereocenters. The number of benzene rings is 2. The molecule has 0 spiro atoms. The SMILES string of the molecule is C[C@@H](NC1CCc2cc(N)ccc21)c1cccc(Cl)c1. The molecule has 3 heteroatoms. The quantitative estimate of drug-likeness (QED) is 0.828. The third-order valence-corrected chi connectivity index (χ3v) is 4.28. The maximum atomic E-state index is 6.06. The number of nitrogen functional groups attached to an aromatic ring is 1. The van der Waals surface area contributed by atoms with E-state index in [0.29, 0.717) is 6.04 Å². The zero-order valence-corrected chi connectivity index (χ0v) is 12.3. The largest absolute Gasteiger partial charge is 0.399 e. The molecule has 104 valence electrons. The lowest BCUT2D eigenvalue weighted by Gasteiger charge is -2.21. The highest BCUT2D eigenvalue weighted by molar-refractivity contribution is 6.30. The molecule has 0 fully saturated rings. The van der Waals surface area contributed by atoms with Crippen LogP contribution in [0.2, 0.25) is 5.02 Å². The first-order chi connectivity index (χ1) is 9.63. The van der Waals surface area contributed by atoms with Crippen LogP contribution in [-0.2, 0) is 6.42 Å². The average Bonchev–Trinajstić information content (AvgIpc) is 2.81. The standard InChI is InChI=1S/C17H19ClN2/c1-11(12-3-2-4-14(18)9-12)20-17-8-5-13-10-15(19)6-7-16(13)17/h2-4,6-7,9-11,17,20H,5,8,19H2,1H3/t11-,17?/m1/s1. The van der Waals surface area contributed by atoms with Gasteiger partial charge in [-0.1, -0.05) is 29.8 Å². The lowest BCUT2D eigenvalue weighted by atomic mass is 10.0. The van der Waals surface area contributed by atoms with E-state index < -0.39 is 0 Å². The normalized spacial score (nSPS) is 18.8. The van der Waals surface area contributed by atoms with Crippen molar-refractivity contribution >= 4 is 17.3 Å². The third-order valence-electron chi connectivity index (χ3n) is 4.04. The molecule has 1 aliphatic carbocycles. The molecule has 20 heavy (non-hydrogen) atoms. The van der Waals surface area contributed by atoms with Gasteiger partial charge in [-0.05, 0) is 60.7 Å². The smallest absolute Gasteiger partial charge is 0.0409 e. The number of nitrogens with one attached hydrogen (secondary N) is 1. The van der Waals surface area contributed by atoms with E-state index in [1.165, 1.54) is 16.7 Å². The van der Waals surface area contributed by atoms with Crippen LogP contribution in [-0.4, -0.2) is 0 Å². The number of nitrogens with two attached hydrogens (primary N) is 1. The van der Waals surface area contributed by atoms with E-state index in [-0.39, 0.29) is 6.04 Å². The van der Waals surface area contributed by atoms with Crippen molar-refractivity contribution in [2.45, 2.75) is 31.8 Å². The van der Waals surface area contributed by atoms with Gasteiger partial charge in [-0.3, -0.25) is 0 Å². The Balaban J connectivity index is 1.77. The Labute approximate surface area is 125 Å². The van der Waals surface area contributed by atoms with Gasteiger partial charge < -0.3 is 11.1 Å². The first-order valence-electron chi connectivity index (χ1n) is 7.03. The van der Waals surface area contributed by atoms with Gasteiger partial charge in [0.25, 0.3) is 0 Å². The Bertz CT molecular complexity index is 624. The van der Waals surface area contributed by atoms with Gasteiger partial charge in [-0.2, -0.15) is 0 Å². The molecule has 0 radical (unpaired) electrons. The molecule has 1 aliphatic rings. The zero-order chi connectivity index (χ0) is 14.1. The average molecular weight is 287 g/mol. The molecule has 0 saturated carbocycles. The van der Waals surface area contributed by atoms with Crippen LogP contribution in [0, 0.1) is 0 Å². The number of anilines is 1. The second kappa shape index (κ2) is 5.47. The van der Waals surface area contributed by atoms with Gasteiger partial charge >= 0.3 is 0 Å². The molecule has 1 unspecified atom stereocenters. The molecule has 2 aromatic rings. The molecule has 3 rings (SSSR count). The van der Waals surface area contributed by atoms with Gasteiger partial charge in [0, 0.05) is 22.8 Å². The minimum Gasteiger partial charge on any atom is -0.399 e. The van der Waals surface area contributed by atoms with E-state index in [9.17, 15) is 0 Å². The Hall–Kier alpha value is -1.51. The minimum atomic E-state index is 0.280. The van der Waals surface area contributed by atoms with Gasteiger partial charge in [0.1, 0.15) is 0 Å². The second-order valence-electron chi connectivity index (χ2n) is 5.49. The summed E-state index contributed by atoms with van der Waals surface area (Å²) in [5.41, 5.74) is 10.7. The molecule has 0 saturated heterocycles. The van der Waals surface area contributed by atoms with Gasteiger partial charge in [0.15, 0.2) is 0 Å². The van der Waals surface area contributed by atoms with Crippen molar-refractivity contribution in [1.82, 2.24) is 5.32 Å². The number of hydrogen-bond donors (Lipinski definition) is 2. The molecule has 2 aromatic carbocycles. The van der Waals surface area contributed by atoms with Crippen LogP contribution >= 0.6 is 11.6 Å². The van der Waals surface area contributed by atoms with Gasteiger partial charge in [0.05, 0.1) is 0 Å². The highest BCUT2D eigenvalue weighted by Gasteiger charge is 2.23. The molecule has 3 N–H and O–H groups in total. The van der Waals surface area contributed by atoms with E-state index in [0.717, 1.165) is 23.6 Å². The van der Waals surface area contributed by atoms with Crippen LogP contribution in [0.4, 0.5) is 5.69 Å². The van der Waals surface area contributed by atoms with Crippen molar-refractivity contribution in [3.63, 3.8) is 0 Å². The predicted octanol–water partition coefficient (Wildman–Crippen LogP) is 4.26. The van der Waals surface area contributed by atoms with Crippen molar-refractivity contribution in [3.05, 3.63) is 64.2 Å². The van der Waals surface area contributed by atoms with Crippen LogP contribution in [0.5, 0.6) is 0 Å². The van der Waals surface area contributed by atoms with Gasteiger partial charge in [-0.15, -0.1) is 0 Å². The minimum absolute atomic E-state index is 0.280. The van der Waals surface area contributed by atoms with Crippen molar-refractivity contribution in [2.75, 3.05) is 5.73 Å². The Morgan fingerprint density at radius 2 is 2.10 bits per heavy atom. The maximum Gasteiger partial charge on any atom is 0.0409 e. The lowest BCUT2D eigenvalue weighted by Crippen LogP contribution is -2.23. The molecular formula is C17H19ClN2. The van der Waals surface area contributed by atoms with E-state index in [2.05, 4.69) is 30.4 Å². The summed E-state index contributed by atoms with van der Waals surface area (Å²) >= 11 is 6.06.